The van der Waals surface area contributed by atoms with Crippen molar-refractivity contribution in [1.82, 2.24) is 16.1 Å². The SMILES string of the molecule is C/C=N\NC(=O)CNC(=O)CNC(=O)c1ccc([N+](=O)[O-])cc1. The van der Waals surface area contributed by atoms with Gasteiger partial charge >= 0.3 is 0 Å². The van der Waals surface area contributed by atoms with Crippen LogP contribution in [-0.2, 0) is 9.59 Å². The van der Waals surface area contributed by atoms with Crippen molar-refractivity contribution in [2.75, 3.05) is 13.1 Å². The molecule has 10 heteroatoms. The number of nitrogens with zero attached hydrogens (tertiary/aromatic N) is 2. The van der Waals surface area contributed by atoms with Gasteiger partial charge < -0.3 is 10.6 Å². The zero-order valence-corrected chi connectivity index (χ0v) is 12.2. The minimum Gasteiger partial charge on any atom is -0.345 e. The Hall–Kier alpha value is -3.30. The number of nitro benzene ring substituents is 1. The molecule has 0 fully saturated rings. The van der Waals surface area contributed by atoms with Gasteiger partial charge in [0, 0.05) is 23.9 Å². The van der Waals surface area contributed by atoms with E-state index in [0.29, 0.717) is 0 Å². The quantitative estimate of drug-likeness (QED) is 0.354. The van der Waals surface area contributed by atoms with Crippen molar-refractivity contribution in [2.24, 2.45) is 5.10 Å². The summed E-state index contributed by atoms with van der Waals surface area (Å²) in [7, 11) is 0. The van der Waals surface area contributed by atoms with Crippen LogP contribution in [0.2, 0.25) is 0 Å². The summed E-state index contributed by atoms with van der Waals surface area (Å²) in [4.78, 5) is 44.3. The van der Waals surface area contributed by atoms with Gasteiger partial charge in [0.2, 0.25) is 5.91 Å². The fraction of sp³-hybridized carbons (Fsp3) is 0.231. The number of hydrogen-bond acceptors (Lipinski definition) is 6. The molecule has 0 saturated carbocycles. The van der Waals surface area contributed by atoms with Crippen LogP contribution in [0.25, 0.3) is 0 Å². The molecule has 3 amide bonds. The monoisotopic (exact) mass is 321 g/mol. The molecule has 3 N–H and O–H groups in total. The number of non-ortho nitro benzene ring substituents is 1. The first kappa shape index (κ1) is 17.8. The van der Waals surface area contributed by atoms with E-state index in [-0.39, 0.29) is 24.3 Å². The second kappa shape index (κ2) is 8.87. The lowest BCUT2D eigenvalue weighted by molar-refractivity contribution is -0.384. The van der Waals surface area contributed by atoms with E-state index in [4.69, 9.17) is 0 Å². The van der Waals surface area contributed by atoms with Gasteiger partial charge in [0.05, 0.1) is 18.0 Å². The van der Waals surface area contributed by atoms with Gasteiger partial charge in [0.25, 0.3) is 17.5 Å². The molecule has 0 aliphatic carbocycles. The maximum Gasteiger partial charge on any atom is 0.269 e. The Kier molecular flexibility index (Phi) is 6.85. The van der Waals surface area contributed by atoms with E-state index in [1.54, 1.807) is 6.92 Å². The second-order valence-electron chi connectivity index (χ2n) is 4.19. The molecule has 0 spiro atoms. The van der Waals surface area contributed by atoms with Crippen LogP contribution in [0.5, 0.6) is 0 Å². The molecule has 0 aromatic heterocycles. The van der Waals surface area contributed by atoms with E-state index in [9.17, 15) is 24.5 Å². The van der Waals surface area contributed by atoms with E-state index in [2.05, 4.69) is 21.2 Å². The first-order valence-electron chi connectivity index (χ1n) is 6.50. The Labute approximate surface area is 131 Å². The third-order valence-electron chi connectivity index (χ3n) is 2.51. The number of nitrogens with one attached hydrogen (secondary N) is 3. The lowest BCUT2D eigenvalue weighted by Gasteiger charge is -2.06. The first-order valence-corrected chi connectivity index (χ1v) is 6.50. The average Bonchev–Trinajstić information content (AvgIpc) is 2.55. The summed E-state index contributed by atoms with van der Waals surface area (Å²) in [6.45, 7) is 1.01. The number of rotatable bonds is 7. The minimum atomic E-state index is -0.581. The average molecular weight is 321 g/mol. The number of benzene rings is 1. The smallest absolute Gasteiger partial charge is 0.269 e. The molecule has 122 valence electrons. The summed E-state index contributed by atoms with van der Waals surface area (Å²) in [5.41, 5.74) is 2.21. The van der Waals surface area contributed by atoms with E-state index in [1.807, 2.05) is 0 Å². The van der Waals surface area contributed by atoms with Gasteiger partial charge in [-0.2, -0.15) is 5.10 Å². The molecule has 23 heavy (non-hydrogen) atoms. The summed E-state index contributed by atoms with van der Waals surface area (Å²) < 4.78 is 0. The number of hydrazone groups is 1. The molecule has 0 radical (unpaired) electrons. The van der Waals surface area contributed by atoms with Crippen LogP contribution in [0, 0.1) is 10.1 Å². The van der Waals surface area contributed by atoms with Gasteiger partial charge in [0.1, 0.15) is 0 Å². The molecular formula is C13H15N5O5. The van der Waals surface area contributed by atoms with Crippen LogP contribution in [0.1, 0.15) is 17.3 Å². The normalized spacial score (nSPS) is 10.1. The predicted molar refractivity (Wildman–Crippen MR) is 80.7 cm³/mol. The Morgan fingerprint density at radius 2 is 1.74 bits per heavy atom. The molecule has 1 aromatic rings. The highest BCUT2D eigenvalue weighted by atomic mass is 16.6. The lowest BCUT2D eigenvalue weighted by Crippen LogP contribution is -2.41. The Bertz CT molecular complexity index is 626. The molecule has 0 unspecified atom stereocenters. The zero-order chi connectivity index (χ0) is 17.2. The molecular weight excluding hydrogens is 306 g/mol. The number of carbonyl (C=O) groups is 3. The molecule has 0 atom stereocenters. The van der Waals surface area contributed by atoms with E-state index < -0.39 is 22.6 Å². The lowest BCUT2D eigenvalue weighted by atomic mass is 10.2. The van der Waals surface area contributed by atoms with Crippen LogP contribution in [0.15, 0.2) is 29.4 Å². The maximum atomic E-state index is 11.8. The molecule has 0 aliphatic heterocycles. The summed E-state index contributed by atoms with van der Waals surface area (Å²) in [6.07, 6.45) is 1.38. The highest BCUT2D eigenvalue weighted by Gasteiger charge is 2.11. The Balaban J connectivity index is 2.39. The third kappa shape index (κ3) is 6.33. The molecule has 0 aliphatic rings. The Morgan fingerprint density at radius 3 is 2.30 bits per heavy atom. The van der Waals surface area contributed by atoms with Crippen molar-refractivity contribution in [3.63, 3.8) is 0 Å². The number of carbonyl (C=O) groups excluding carboxylic acids is 3. The van der Waals surface area contributed by atoms with Crippen LogP contribution in [0.3, 0.4) is 0 Å². The highest BCUT2D eigenvalue weighted by molar-refractivity contribution is 5.97. The summed E-state index contributed by atoms with van der Waals surface area (Å²) in [5, 5.41) is 18.6. The number of hydrogen-bond donors (Lipinski definition) is 3. The summed E-state index contributed by atoms with van der Waals surface area (Å²) in [6, 6.07) is 4.93. The summed E-state index contributed by atoms with van der Waals surface area (Å²) in [5.74, 6) is -1.62. The van der Waals surface area contributed by atoms with Crippen LogP contribution in [0.4, 0.5) is 5.69 Å². The maximum absolute atomic E-state index is 11.8. The van der Waals surface area contributed by atoms with Gasteiger partial charge in [-0.15, -0.1) is 0 Å². The van der Waals surface area contributed by atoms with Crippen molar-refractivity contribution < 1.29 is 19.3 Å². The fourth-order valence-electron chi connectivity index (χ4n) is 1.41. The van der Waals surface area contributed by atoms with E-state index in [1.165, 1.54) is 30.5 Å². The topological polar surface area (TPSA) is 143 Å². The van der Waals surface area contributed by atoms with E-state index in [0.717, 1.165) is 0 Å². The highest BCUT2D eigenvalue weighted by Crippen LogP contribution is 2.11. The minimum absolute atomic E-state index is 0.139. The first-order chi connectivity index (χ1) is 10.9. The van der Waals surface area contributed by atoms with Crippen molar-refractivity contribution in [2.45, 2.75) is 6.92 Å². The van der Waals surface area contributed by atoms with Crippen molar-refractivity contribution in [3.05, 3.63) is 39.9 Å². The van der Waals surface area contributed by atoms with Gasteiger partial charge in [-0.1, -0.05) is 0 Å². The molecule has 1 rings (SSSR count). The standard InChI is InChI=1S/C13H15N5O5/c1-2-16-17-12(20)8-14-11(19)7-15-13(21)9-3-5-10(6-4-9)18(22)23/h2-6H,7-8H2,1H3,(H,14,19)(H,15,21)(H,17,20)/b16-2-. The predicted octanol–water partition coefficient (Wildman–Crippen LogP) is -0.437. The molecule has 0 heterocycles. The van der Waals surface area contributed by atoms with Crippen LogP contribution >= 0.6 is 0 Å². The van der Waals surface area contributed by atoms with Crippen LogP contribution in [-0.4, -0.2) is 41.9 Å². The fourth-order valence-corrected chi connectivity index (χ4v) is 1.41. The van der Waals surface area contributed by atoms with Crippen LogP contribution < -0.4 is 16.1 Å². The number of nitro groups is 1. The molecule has 1 aromatic carbocycles. The second-order valence-corrected chi connectivity index (χ2v) is 4.19. The molecule has 0 saturated heterocycles. The van der Waals surface area contributed by atoms with Gasteiger partial charge in [-0.05, 0) is 19.1 Å². The van der Waals surface area contributed by atoms with Gasteiger partial charge in [0.15, 0.2) is 0 Å². The number of amides is 3. The van der Waals surface area contributed by atoms with Crippen molar-refractivity contribution >= 4 is 29.6 Å². The zero-order valence-electron chi connectivity index (χ0n) is 12.2. The van der Waals surface area contributed by atoms with Crippen molar-refractivity contribution in [3.8, 4) is 0 Å². The largest absolute Gasteiger partial charge is 0.345 e. The van der Waals surface area contributed by atoms with Gasteiger partial charge in [-0.25, -0.2) is 5.43 Å². The van der Waals surface area contributed by atoms with E-state index >= 15 is 0 Å². The Morgan fingerprint density at radius 1 is 1.13 bits per heavy atom. The summed E-state index contributed by atoms with van der Waals surface area (Å²) >= 11 is 0. The molecule has 0 bridgehead atoms. The third-order valence-corrected chi connectivity index (χ3v) is 2.51. The van der Waals surface area contributed by atoms with Crippen molar-refractivity contribution in [1.29, 1.82) is 0 Å². The van der Waals surface area contributed by atoms with Gasteiger partial charge in [-0.3, -0.25) is 24.5 Å². The molecule has 10 nitrogen and oxygen atoms in total.